The number of hydrogen-bond acceptors (Lipinski definition) is 2. The smallest absolute Gasteiger partial charge is 0.216 e. The van der Waals surface area contributed by atoms with E-state index in [-0.39, 0.29) is 5.91 Å². The van der Waals surface area contributed by atoms with Crippen LogP contribution in [0.25, 0.3) is 0 Å². The summed E-state index contributed by atoms with van der Waals surface area (Å²) in [5.74, 6) is 1.55. The molecule has 3 aliphatic rings. The molecule has 0 aromatic carbocycles. The fraction of sp³-hybridized carbons (Fsp3) is 0.750. The Bertz CT molecular complexity index is 264. The third kappa shape index (κ3) is 2.23. The Hall–Kier alpha value is -0.830. The highest BCUT2D eigenvalue weighted by molar-refractivity contribution is 5.72. The molecule has 0 radical (unpaired) electrons. The molecule has 3 saturated heterocycles. The third-order valence-electron chi connectivity index (χ3n) is 3.82. The number of piperidine rings is 3. The minimum Gasteiger partial charge on any atom is -0.355 e. The molecule has 3 heteroatoms. The molecule has 4 atom stereocenters. The molecule has 3 aliphatic heterocycles. The Morgan fingerprint density at radius 1 is 1.67 bits per heavy atom. The number of carbonyl (C=O) groups is 1. The molecular formula is C12H20N2O. The van der Waals surface area contributed by atoms with Crippen molar-refractivity contribution in [1.82, 2.24) is 10.2 Å². The second-order valence-electron chi connectivity index (χ2n) is 4.77. The summed E-state index contributed by atoms with van der Waals surface area (Å²) < 4.78 is 0. The van der Waals surface area contributed by atoms with Gasteiger partial charge in [0.2, 0.25) is 5.91 Å². The molecule has 3 nitrogen and oxygen atoms in total. The van der Waals surface area contributed by atoms with E-state index in [0.29, 0.717) is 12.0 Å². The van der Waals surface area contributed by atoms with E-state index in [1.54, 1.807) is 6.92 Å². The highest BCUT2D eigenvalue weighted by atomic mass is 16.1. The van der Waals surface area contributed by atoms with Crippen molar-refractivity contribution in [2.24, 2.45) is 11.8 Å². The topological polar surface area (TPSA) is 32.3 Å². The van der Waals surface area contributed by atoms with Crippen LogP contribution >= 0.6 is 0 Å². The first-order chi connectivity index (χ1) is 7.20. The summed E-state index contributed by atoms with van der Waals surface area (Å²) in [4.78, 5) is 13.4. The summed E-state index contributed by atoms with van der Waals surface area (Å²) in [5.41, 5.74) is 0. The second-order valence-corrected chi connectivity index (χ2v) is 4.77. The molecule has 4 unspecified atom stereocenters. The van der Waals surface area contributed by atoms with Gasteiger partial charge in [-0.1, -0.05) is 6.08 Å². The van der Waals surface area contributed by atoms with E-state index in [9.17, 15) is 4.79 Å². The first kappa shape index (κ1) is 10.7. The van der Waals surface area contributed by atoms with Crippen molar-refractivity contribution in [1.29, 1.82) is 0 Å². The maximum absolute atomic E-state index is 10.9. The monoisotopic (exact) mass is 208 g/mol. The predicted octanol–water partition coefficient (Wildman–Crippen LogP) is 1.02. The van der Waals surface area contributed by atoms with E-state index in [2.05, 4.69) is 22.9 Å². The van der Waals surface area contributed by atoms with Gasteiger partial charge in [-0.25, -0.2) is 0 Å². The zero-order valence-corrected chi connectivity index (χ0v) is 9.41. The number of fused-ring (bicyclic) bond motifs is 3. The molecule has 0 saturated carbocycles. The lowest BCUT2D eigenvalue weighted by atomic mass is 9.75. The molecule has 3 fully saturated rings. The van der Waals surface area contributed by atoms with Gasteiger partial charge in [-0.3, -0.25) is 9.69 Å². The Morgan fingerprint density at radius 2 is 2.47 bits per heavy atom. The van der Waals surface area contributed by atoms with Gasteiger partial charge in [-0.2, -0.15) is 0 Å². The fourth-order valence-corrected chi connectivity index (χ4v) is 2.92. The molecule has 0 aliphatic carbocycles. The molecule has 1 amide bonds. The molecule has 0 aromatic heterocycles. The molecule has 0 spiro atoms. The van der Waals surface area contributed by atoms with Gasteiger partial charge < -0.3 is 5.32 Å². The standard InChI is InChI=1S/C12H20N2O/c1-3-10-8-14-5-4-11(10)6-12(14)7-13-9(2)15/h3,10-12H,1,4-8H2,2H3,(H,13,15). The van der Waals surface area contributed by atoms with Gasteiger partial charge in [0.15, 0.2) is 0 Å². The van der Waals surface area contributed by atoms with Crippen molar-refractivity contribution >= 4 is 5.91 Å². The Labute approximate surface area is 91.5 Å². The van der Waals surface area contributed by atoms with Crippen LogP contribution in [0.2, 0.25) is 0 Å². The van der Waals surface area contributed by atoms with Crippen molar-refractivity contribution in [3.05, 3.63) is 12.7 Å². The molecule has 3 heterocycles. The SMILES string of the molecule is C=CC1CN2CCC1CC2CNC(C)=O. The number of carbonyl (C=O) groups excluding carboxylic acids is 1. The van der Waals surface area contributed by atoms with Crippen LogP contribution in [0.1, 0.15) is 19.8 Å². The van der Waals surface area contributed by atoms with Gasteiger partial charge >= 0.3 is 0 Å². The van der Waals surface area contributed by atoms with Gasteiger partial charge in [-0.15, -0.1) is 6.58 Å². The molecule has 84 valence electrons. The Kier molecular flexibility index (Phi) is 3.10. The quantitative estimate of drug-likeness (QED) is 0.702. The normalized spacial score (nSPS) is 38.7. The molecule has 1 N–H and O–H groups in total. The Morgan fingerprint density at radius 3 is 3.00 bits per heavy atom. The lowest BCUT2D eigenvalue weighted by Crippen LogP contribution is -2.56. The van der Waals surface area contributed by atoms with Gasteiger partial charge in [0.1, 0.15) is 0 Å². The van der Waals surface area contributed by atoms with Crippen LogP contribution in [-0.4, -0.2) is 36.5 Å². The summed E-state index contributed by atoms with van der Waals surface area (Å²) >= 11 is 0. The van der Waals surface area contributed by atoms with E-state index < -0.39 is 0 Å². The number of hydrogen-bond donors (Lipinski definition) is 1. The summed E-state index contributed by atoms with van der Waals surface area (Å²) in [6, 6.07) is 0.559. The second kappa shape index (κ2) is 4.35. The van der Waals surface area contributed by atoms with Crippen molar-refractivity contribution in [2.45, 2.75) is 25.8 Å². The summed E-state index contributed by atoms with van der Waals surface area (Å²) in [5, 5.41) is 2.93. The largest absolute Gasteiger partial charge is 0.355 e. The molecule has 3 rings (SSSR count). The highest BCUT2D eigenvalue weighted by Gasteiger charge is 2.38. The van der Waals surface area contributed by atoms with Crippen LogP contribution in [0.15, 0.2) is 12.7 Å². The van der Waals surface area contributed by atoms with E-state index >= 15 is 0 Å². The lowest BCUT2D eigenvalue weighted by Gasteiger charge is -2.49. The van der Waals surface area contributed by atoms with E-state index in [1.807, 2.05) is 0 Å². The summed E-state index contributed by atoms with van der Waals surface area (Å²) in [7, 11) is 0. The Balaban J connectivity index is 1.90. The van der Waals surface area contributed by atoms with E-state index in [4.69, 9.17) is 0 Å². The van der Waals surface area contributed by atoms with Crippen molar-refractivity contribution in [3.8, 4) is 0 Å². The van der Waals surface area contributed by atoms with Crippen LogP contribution in [0.4, 0.5) is 0 Å². The minimum absolute atomic E-state index is 0.0814. The first-order valence-corrected chi connectivity index (χ1v) is 5.81. The zero-order valence-electron chi connectivity index (χ0n) is 9.41. The average Bonchev–Trinajstić information content (AvgIpc) is 2.27. The first-order valence-electron chi connectivity index (χ1n) is 5.81. The van der Waals surface area contributed by atoms with Gasteiger partial charge in [0, 0.05) is 26.1 Å². The third-order valence-corrected chi connectivity index (χ3v) is 3.82. The zero-order chi connectivity index (χ0) is 10.8. The van der Waals surface area contributed by atoms with Crippen LogP contribution in [0.5, 0.6) is 0 Å². The molecule has 2 bridgehead atoms. The van der Waals surface area contributed by atoms with Crippen molar-refractivity contribution < 1.29 is 4.79 Å². The minimum atomic E-state index is 0.0814. The average molecular weight is 208 g/mol. The van der Waals surface area contributed by atoms with E-state index in [1.165, 1.54) is 19.4 Å². The highest BCUT2D eigenvalue weighted by Crippen LogP contribution is 2.36. The molecular weight excluding hydrogens is 188 g/mol. The van der Waals surface area contributed by atoms with Crippen LogP contribution < -0.4 is 5.32 Å². The van der Waals surface area contributed by atoms with Crippen molar-refractivity contribution in [2.75, 3.05) is 19.6 Å². The number of rotatable bonds is 3. The predicted molar refractivity (Wildman–Crippen MR) is 60.5 cm³/mol. The van der Waals surface area contributed by atoms with Gasteiger partial charge in [0.05, 0.1) is 0 Å². The summed E-state index contributed by atoms with van der Waals surface area (Å²) in [6.45, 7) is 8.64. The number of nitrogens with zero attached hydrogens (tertiary/aromatic N) is 1. The summed E-state index contributed by atoms with van der Waals surface area (Å²) in [6.07, 6.45) is 4.62. The maximum atomic E-state index is 10.9. The van der Waals surface area contributed by atoms with Crippen LogP contribution in [-0.2, 0) is 4.79 Å². The van der Waals surface area contributed by atoms with Gasteiger partial charge in [0.25, 0.3) is 0 Å². The van der Waals surface area contributed by atoms with Gasteiger partial charge in [-0.05, 0) is 31.2 Å². The lowest BCUT2D eigenvalue weighted by molar-refractivity contribution is -0.119. The van der Waals surface area contributed by atoms with Crippen LogP contribution in [0.3, 0.4) is 0 Å². The molecule has 0 aromatic rings. The number of nitrogens with one attached hydrogen (secondary N) is 1. The number of amides is 1. The van der Waals surface area contributed by atoms with Crippen molar-refractivity contribution in [3.63, 3.8) is 0 Å². The molecule has 15 heavy (non-hydrogen) atoms. The van der Waals surface area contributed by atoms with E-state index in [0.717, 1.165) is 19.0 Å². The maximum Gasteiger partial charge on any atom is 0.216 e. The van der Waals surface area contributed by atoms with Crippen LogP contribution in [0, 0.1) is 11.8 Å². The fourth-order valence-electron chi connectivity index (χ4n) is 2.92.